The fraction of sp³-hybridized carbons (Fsp3) is 0.905. The van der Waals surface area contributed by atoms with E-state index in [0.29, 0.717) is 6.61 Å². The van der Waals surface area contributed by atoms with E-state index in [1.165, 1.54) is 5.57 Å². The Balaban J connectivity index is 4.52. The van der Waals surface area contributed by atoms with Gasteiger partial charge >= 0.3 is 0 Å². The third-order valence-corrected chi connectivity index (χ3v) is 15.4. The summed E-state index contributed by atoms with van der Waals surface area (Å²) in [5.41, 5.74) is 1.19. The molecule has 0 aliphatic rings. The van der Waals surface area contributed by atoms with E-state index in [9.17, 15) is 5.11 Å². The smallest absolute Gasteiger partial charge is 0.191 e. The second kappa shape index (κ2) is 9.50. The standard InChI is InChI=1S/C21H46O3Si2/c1-17(13-14-23-25(9,10)20(3,4)5)15-19(22)18(2)16-24-26(11,12)21(6,7)8/h15,18-19,22H,13-14,16H2,1-12H3/b17-15+/t18-,19-/m0/s1. The fourth-order valence-corrected chi connectivity index (χ4v) is 4.04. The molecule has 0 aromatic heterocycles. The van der Waals surface area contributed by atoms with Crippen LogP contribution in [0.2, 0.25) is 36.3 Å². The second-order valence-electron chi connectivity index (χ2n) is 10.9. The van der Waals surface area contributed by atoms with Crippen molar-refractivity contribution >= 4 is 16.6 Å². The zero-order valence-corrected chi connectivity index (χ0v) is 21.6. The van der Waals surface area contributed by atoms with Gasteiger partial charge in [-0.25, -0.2) is 0 Å². The van der Waals surface area contributed by atoms with Crippen molar-refractivity contribution in [3.8, 4) is 0 Å². The molecule has 0 bridgehead atoms. The lowest BCUT2D eigenvalue weighted by Gasteiger charge is -2.37. The van der Waals surface area contributed by atoms with Crippen molar-refractivity contribution in [3.05, 3.63) is 11.6 Å². The van der Waals surface area contributed by atoms with Crippen LogP contribution in [-0.4, -0.2) is 41.1 Å². The van der Waals surface area contributed by atoms with Gasteiger partial charge in [0, 0.05) is 19.1 Å². The van der Waals surface area contributed by atoms with E-state index in [1.807, 2.05) is 6.08 Å². The molecular weight excluding hydrogens is 356 g/mol. The second-order valence-corrected chi connectivity index (χ2v) is 20.5. The molecule has 0 fully saturated rings. The molecule has 0 rings (SSSR count). The highest BCUT2D eigenvalue weighted by molar-refractivity contribution is 6.74. The van der Waals surface area contributed by atoms with E-state index in [0.717, 1.165) is 13.0 Å². The highest BCUT2D eigenvalue weighted by Gasteiger charge is 2.38. The quantitative estimate of drug-likeness (QED) is 0.360. The molecule has 0 unspecified atom stereocenters. The first-order chi connectivity index (χ1) is 11.4. The SMILES string of the molecule is C/C(=C\[C@H](O)[C@@H](C)CO[Si](C)(C)C(C)(C)C)CCO[Si](C)(C)C(C)(C)C. The third-order valence-electron chi connectivity index (χ3n) is 6.32. The Morgan fingerprint density at radius 1 is 0.923 bits per heavy atom. The molecule has 2 atom stereocenters. The molecular formula is C21H46O3Si2. The zero-order chi connectivity index (χ0) is 21.0. The Hall–Kier alpha value is 0.0538. The van der Waals surface area contributed by atoms with Gasteiger partial charge in [0.2, 0.25) is 0 Å². The van der Waals surface area contributed by atoms with Crippen LogP contribution in [0.3, 0.4) is 0 Å². The molecule has 156 valence electrons. The Morgan fingerprint density at radius 3 is 1.77 bits per heavy atom. The molecule has 0 radical (unpaired) electrons. The van der Waals surface area contributed by atoms with Crippen LogP contribution >= 0.6 is 0 Å². The van der Waals surface area contributed by atoms with Crippen LogP contribution < -0.4 is 0 Å². The van der Waals surface area contributed by atoms with Gasteiger partial charge in [0.05, 0.1) is 6.10 Å². The van der Waals surface area contributed by atoms with Crippen molar-refractivity contribution < 1.29 is 14.0 Å². The van der Waals surface area contributed by atoms with Crippen LogP contribution in [0.15, 0.2) is 11.6 Å². The van der Waals surface area contributed by atoms with Crippen molar-refractivity contribution in [1.29, 1.82) is 0 Å². The van der Waals surface area contributed by atoms with Crippen molar-refractivity contribution in [2.75, 3.05) is 13.2 Å². The molecule has 0 aromatic rings. The molecule has 0 amide bonds. The first-order valence-corrected chi connectivity index (χ1v) is 15.9. The summed E-state index contributed by atoms with van der Waals surface area (Å²) in [6.07, 6.45) is 2.39. The van der Waals surface area contributed by atoms with Crippen molar-refractivity contribution in [1.82, 2.24) is 0 Å². The number of hydrogen-bond donors (Lipinski definition) is 1. The predicted octanol–water partition coefficient (Wildman–Crippen LogP) is 6.36. The minimum Gasteiger partial charge on any atom is -0.417 e. The van der Waals surface area contributed by atoms with E-state index < -0.39 is 22.7 Å². The van der Waals surface area contributed by atoms with Crippen LogP contribution in [0, 0.1) is 5.92 Å². The lowest BCUT2D eigenvalue weighted by molar-refractivity contribution is 0.114. The topological polar surface area (TPSA) is 38.7 Å². The number of rotatable bonds is 9. The average Bonchev–Trinajstić information content (AvgIpc) is 2.41. The Morgan fingerprint density at radius 2 is 1.35 bits per heavy atom. The first-order valence-electron chi connectivity index (χ1n) is 10.0. The molecule has 0 aromatic carbocycles. The van der Waals surface area contributed by atoms with E-state index in [2.05, 4.69) is 81.6 Å². The normalized spacial score (nSPS) is 17.3. The maximum Gasteiger partial charge on any atom is 0.191 e. The Labute approximate surface area is 165 Å². The van der Waals surface area contributed by atoms with Gasteiger partial charge in [0.15, 0.2) is 16.6 Å². The van der Waals surface area contributed by atoms with Crippen LogP contribution in [0.4, 0.5) is 0 Å². The monoisotopic (exact) mass is 402 g/mol. The van der Waals surface area contributed by atoms with E-state index in [1.54, 1.807) is 0 Å². The van der Waals surface area contributed by atoms with Crippen molar-refractivity contribution in [3.63, 3.8) is 0 Å². The van der Waals surface area contributed by atoms with Gasteiger partial charge in [0.25, 0.3) is 0 Å². The maximum absolute atomic E-state index is 10.5. The molecule has 3 nitrogen and oxygen atoms in total. The fourth-order valence-electron chi connectivity index (χ4n) is 1.88. The molecule has 0 saturated carbocycles. The van der Waals surface area contributed by atoms with Crippen molar-refractivity contribution in [2.24, 2.45) is 5.92 Å². The van der Waals surface area contributed by atoms with Crippen LogP contribution in [0.25, 0.3) is 0 Å². The Bertz CT molecular complexity index is 457. The summed E-state index contributed by atoms with van der Waals surface area (Å²) in [7, 11) is -3.45. The lowest BCUT2D eigenvalue weighted by Crippen LogP contribution is -2.42. The molecule has 0 aliphatic carbocycles. The minimum absolute atomic E-state index is 0.0976. The minimum atomic E-state index is -1.76. The maximum atomic E-state index is 10.5. The first kappa shape index (κ1) is 26.1. The molecule has 5 heteroatoms. The summed E-state index contributed by atoms with van der Waals surface area (Å²) in [5.74, 6) is 0.0976. The van der Waals surface area contributed by atoms with Crippen LogP contribution in [-0.2, 0) is 8.85 Å². The van der Waals surface area contributed by atoms with E-state index >= 15 is 0 Å². The van der Waals surface area contributed by atoms with Gasteiger partial charge in [-0.3, -0.25) is 0 Å². The number of aliphatic hydroxyl groups is 1. The predicted molar refractivity (Wildman–Crippen MR) is 120 cm³/mol. The summed E-state index contributed by atoms with van der Waals surface area (Å²) in [6, 6.07) is 0. The number of hydrogen-bond acceptors (Lipinski definition) is 3. The van der Waals surface area contributed by atoms with Gasteiger partial charge in [-0.05, 0) is 49.6 Å². The summed E-state index contributed by atoms with van der Waals surface area (Å²) < 4.78 is 12.5. The van der Waals surface area contributed by atoms with Crippen LogP contribution in [0.5, 0.6) is 0 Å². The van der Waals surface area contributed by atoms with Gasteiger partial charge in [-0.15, -0.1) is 0 Å². The average molecular weight is 403 g/mol. The highest BCUT2D eigenvalue weighted by Crippen LogP contribution is 2.37. The summed E-state index contributed by atoms with van der Waals surface area (Å²) >= 11 is 0. The molecule has 1 N–H and O–H groups in total. The molecule has 0 saturated heterocycles. The number of aliphatic hydroxyl groups excluding tert-OH is 1. The zero-order valence-electron chi connectivity index (χ0n) is 19.6. The highest BCUT2D eigenvalue weighted by atomic mass is 28.4. The van der Waals surface area contributed by atoms with Gasteiger partial charge in [-0.2, -0.15) is 0 Å². The largest absolute Gasteiger partial charge is 0.417 e. The van der Waals surface area contributed by atoms with Gasteiger partial charge in [-0.1, -0.05) is 60.1 Å². The molecule has 26 heavy (non-hydrogen) atoms. The van der Waals surface area contributed by atoms with Gasteiger partial charge < -0.3 is 14.0 Å². The van der Waals surface area contributed by atoms with Crippen LogP contribution in [0.1, 0.15) is 61.8 Å². The molecule has 0 spiro atoms. The van der Waals surface area contributed by atoms with E-state index in [4.69, 9.17) is 8.85 Å². The lowest BCUT2D eigenvalue weighted by atomic mass is 10.0. The summed E-state index contributed by atoms with van der Waals surface area (Å²) in [6.45, 7) is 28.1. The van der Waals surface area contributed by atoms with Crippen molar-refractivity contribution in [2.45, 2.75) is 104 Å². The third kappa shape index (κ3) is 8.38. The Kier molecular flexibility index (Phi) is 9.52. The summed E-state index contributed by atoms with van der Waals surface area (Å²) in [5, 5.41) is 10.9. The summed E-state index contributed by atoms with van der Waals surface area (Å²) in [4.78, 5) is 0. The van der Waals surface area contributed by atoms with E-state index in [-0.39, 0.29) is 16.0 Å². The van der Waals surface area contributed by atoms with Gasteiger partial charge in [0.1, 0.15) is 0 Å². The molecule has 0 aliphatic heterocycles. The molecule has 0 heterocycles.